The molecular weight excluding hydrogens is 312 g/mol. The predicted molar refractivity (Wildman–Crippen MR) is 102 cm³/mol. The molecular formula is C22H34O3. The van der Waals surface area contributed by atoms with E-state index in [9.17, 15) is 9.90 Å². The summed E-state index contributed by atoms with van der Waals surface area (Å²) in [5.41, 5.74) is 1.47. The van der Waals surface area contributed by atoms with Crippen LogP contribution in [0.2, 0.25) is 0 Å². The largest absolute Gasteiger partial charge is 0.481 e. The topological polar surface area (TPSA) is 57.5 Å². The maximum atomic E-state index is 10.5. The van der Waals surface area contributed by atoms with Crippen molar-refractivity contribution < 1.29 is 15.0 Å². The Morgan fingerprint density at radius 1 is 1.36 bits per heavy atom. The summed E-state index contributed by atoms with van der Waals surface area (Å²) in [6.07, 6.45) is 17.9. The lowest BCUT2D eigenvalue weighted by Crippen LogP contribution is -2.38. The Hall–Kier alpha value is -1.35. The average Bonchev–Trinajstić information content (AvgIpc) is 2.88. The van der Waals surface area contributed by atoms with Gasteiger partial charge in [-0.25, -0.2) is 0 Å². The number of rotatable bonds is 10. The minimum Gasteiger partial charge on any atom is -0.481 e. The fourth-order valence-corrected chi connectivity index (χ4v) is 4.08. The summed E-state index contributed by atoms with van der Waals surface area (Å²) in [6.45, 7) is 6.43. The maximum absolute atomic E-state index is 10.5. The molecule has 0 bridgehead atoms. The first-order valence-electron chi connectivity index (χ1n) is 9.81. The van der Waals surface area contributed by atoms with E-state index < -0.39 is 5.97 Å². The summed E-state index contributed by atoms with van der Waals surface area (Å²) in [7, 11) is 0. The van der Waals surface area contributed by atoms with Crippen molar-refractivity contribution in [1.29, 1.82) is 0 Å². The molecule has 3 nitrogen and oxygen atoms in total. The molecule has 0 radical (unpaired) electrons. The maximum Gasteiger partial charge on any atom is 0.303 e. The smallest absolute Gasteiger partial charge is 0.303 e. The Balaban J connectivity index is 1.75. The van der Waals surface area contributed by atoms with Crippen molar-refractivity contribution in [2.24, 2.45) is 17.3 Å². The van der Waals surface area contributed by atoms with E-state index in [4.69, 9.17) is 5.11 Å². The number of aliphatic hydroxyl groups is 1. The van der Waals surface area contributed by atoms with Gasteiger partial charge in [0, 0.05) is 6.42 Å². The van der Waals surface area contributed by atoms with E-state index in [1.807, 2.05) is 0 Å². The van der Waals surface area contributed by atoms with Crippen LogP contribution in [0, 0.1) is 17.3 Å². The van der Waals surface area contributed by atoms with Gasteiger partial charge in [0.1, 0.15) is 0 Å². The molecule has 0 heterocycles. The fraction of sp³-hybridized carbons (Fsp3) is 0.682. The van der Waals surface area contributed by atoms with E-state index >= 15 is 0 Å². The van der Waals surface area contributed by atoms with E-state index in [2.05, 4.69) is 37.8 Å². The molecule has 2 aliphatic rings. The Morgan fingerprint density at radius 3 is 2.76 bits per heavy atom. The third-order valence-corrected chi connectivity index (χ3v) is 6.20. The first-order valence-corrected chi connectivity index (χ1v) is 9.81. The third kappa shape index (κ3) is 5.85. The summed E-state index contributed by atoms with van der Waals surface area (Å²) >= 11 is 0. The second-order valence-corrected chi connectivity index (χ2v) is 8.15. The van der Waals surface area contributed by atoms with Gasteiger partial charge in [-0.15, -0.1) is 0 Å². The SMILES string of the molecule is C=C1CC[C@H](/C=C/CC(O)C2(C)CCC2)[C@H]1C/C=C\CCCC(=O)O. The molecule has 0 spiro atoms. The van der Waals surface area contributed by atoms with Gasteiger partial charge in [-0.05, 0) is 68.6 Å². The van der Waals surface area contributed by atoms with Crippen molar-refractivity contribution in [2.45, 2.75) is 77.2 Å². The van der Waals surface area contributed by atoms with Gasteiger partial charge in [-0.1, -0.05) is 49.8 Å². The second kappa shape index (κ2) is 9.38. The quantitative estimate of drug-likeness (QED) is 0.418. The van der Waals surface area contributed by atoms with Gasteiger partial charge in [0.05, 0.1) is 6.10 Å². The van der Waals surface area contributed by atoms with Gasteiger partial charge in [0.2, 0.25) is 0 Å². The zero-order valence-electron chi connectivity index (χ0n) is 15.6. The fourth-order valence-electron chi connectivity index (χ4n) is 4.08. The highest BCUT2D eigenvalue weighted by Gasteiger charge is 2.38. The number of hydrogen-bond donors (Lipinski definition) is 2. The molecule has 0 aromatic rings. The number of carboxylic acids is 1. The van der Waals surface area contributed by atoms with Crippen LogP contribution in [0.3, 0.4) is 0 Å². The number of aliphatic carboxylic acids is 1. The standard InChI is InChI=1S/C22H34O3/c1-17-13-14-18(9-7-11-20(23)22(2)15-8-16-22)19(17)10-5-3-4-6-12-21(24)25/h3,5,7,9,18-20,23H,1,4,6,8,10-16H2,2H3,(H,24,25)/b5-3-,9-7+/t18-,19-,20?/m0/s1. The average molecular weight is 347 g/mol. The number of carbonyl (C=O) groups is 1. The Labute approximate surface area is 152 Å². The first kappa shape index (κ1) is 20.0. The lowest BCUT2D eigenvalue weighted by atomic mass is 9.66. The van der Waals surface area contributed by atoms with Crippen LogP contribution in [0.25, 0.3) is 0 Å². The van der Waals surface area contributed by atoms with Crippen molar-refractivity contribution in [1.82, 2.24) is 0 Å². The van der Waals surface area contributed by atoms with E-state index in [1.165, 1.54) is 12.0 Å². The molecule has 140 valence electrons. The molecule has 3 atom stereocenters. The normalized spacial score (nSPS) is 27.0. The van der Waals surface area contributed by atoms with Gasteiger partial charge in [0.25, 0.3) is 0 Å². The number of carboxylic acid groups (broad SMARTS) is 1. The summed E-state index contributed by atoms with van der Waals surface area (Å²) in [5, 5.41) is 19.0. The van der Waals surface area contributed by atoms with Crippen molar-refractivity contribution in [3.63, 3.8) is 0 Å². The zero-order valence-corrected chi connectivity index (χ0v) is 15.6. The highest BCUT2D eigenvalue weighted by molar-refractivity contribution is 5.66. The van der Waals surface area contributed by atoms with Crippen molar-refractivity contribution in [3.05, 3.63) is 36.5 Å². The zero-order chi connectivity index (χ0) is 18.3. The summed E-state index contributed by atoms with van der Waals surface area (Å²) in [6, 6.07) is 0. The van der Waals surface area contributed by atoms with Gasteiger partial charge in [-0.2, -0.15) is 0 Å². The van der Waals surface area contributed by atoms with Crippen LogP contribution >= 0.6 is 0 Å². The van der Waals surface area contributed by atoms with E-state index in [0.29, 0.717) is 18.3 Å². The molecule has 0 amide bonds. The van der Waals surface area contributed by atoms with E-state index in [0.717, 1.165) is 44.9 Å². The molecule has 2 fully saturated rings. The molecule has 0 aliphatic heterocycles. The molecule has 0 aromatic heterocycles. The summed E-state index contributed by atoms with van der Waals surface area (Å²) < 4.78 is 0. The molecule has 0 saturated heterocycles. The Bertz CT molecular complexity index is 513. The highest BCUT2D eigenvalue weighted by Crippen LogP contribution is 2.44. The summed E-state index contributed by atoms with van der Waals surface area (Å²) in [4.78, 5) is 10.5. The highest BCUT2D eigenvalue weighted by atomic mass is 16.4. The van der Waals surface area contributed by atoms with Gasteiger partial charge >= 0.3 is 5.97 Å². The Morgan fingerprint density at radius 2 is 2.12 bits per heavy atom. The number of allylic oxidation sites excluding steroid dienone is 4. The molecule has 2 N–H and O–H groups in total. The molecule has 2 aliphatic carbocycles. The van der Waals surface area contributed by atoms with Crippen LogP contribution in [0.15, 0.2) is 36.5 Å². The molecule has 2 rings (SSSR count). The van der Waals surface area contributed by atoms with Crippen LogP contribution in [-0.2, 0) is 4.79 Å². The van der Waals surface area contributed by atoms with Crippen LogP contribution in [0.5, 0.6) is 0 Å². The molecule has 3 heteroatoms. The molecule has 25 heavy (non-hydrogen) atoms. The number of hydrogen-bond acceptors (Lipinski definition) is 2. The first-order chi connectivity index (χ1) is 11.9. The van der Waals surface area contributed by atoms with Crippen LogP contribution in [0.4, 0.5) is 0 Å². The number of aliphatic hydroxyl groups excluding tert-OH is 1. The van der Waals surface area contributed by atoms with Crippen LogP contribution < -0.4 is 0 Å². The van der Waals surface area contributed by atoms with Crippen LogP contribution in [-0.4, -0.2) is 22.3 Å². The van der Waals surface area contributed by atoms with Gasteiger partial charge in [-0.3, -0.25) is 4.79 Å². The third-order valence-electron chi connectivity index (χ3n) is 6.20. The molecule has 1 unspecified atom stereocenters. The van der Waals surface area contributed by atoms with Crippen LogP contribution in [0.1, 0.15) is 71.1 Å². The second-order valence-electron chi connectivity index (χ2n) is 8.15. The summed E-state index contributed by atoms with van der Waals surface area (Å²) in [5.74, 6) is 0.293. The Kier molecular flexibility index (Phi) is 7.49. The van der Waals surface area contributed by atoms with Gasteiger partial charge in [0.15, 0.2) is 0 Å². The van der Waals surface area contributed by atoms with Crippen molar-refractivity contribution >= 4 is 5.97 Å². The number of unbranched alkanes of at least 4 members (excludes halogenated alkanes) is 1. The minimum absolute atomic E-state index is 0.141. The van der Waals surface area contributed by atoms with E-state index in [1.54, 1.807) is 0 Å². The van der Waals surface area contributed by atoms with E-state index in [-0.39, 0.29) is 17.9 Å². The lowest BCUT2D eigenvalue weighted by Gasteiger charge is -2.42. The minimum atomic E-state index is -0.722. The predicted octanol–water partition coefficient (Wildman–Crippen LogP) is 5.27. The lowest BCUT2D eigenvalue weighted by molar-refractivity contribution is -0.137. The monoisotopic (exact) mass is 346 g/mol. The van der Waals surface area contributed by atoms with Gasteiger partial charge < -0.3 is 10.2 Å². The van der Waals surface area contributed by atoms with Crippen molar-refractivity contribution in [2.75, 3.05) is 0 Å². The van der Waals surface area contributed by atoms with Crippen molar-refractivity contribution in [3.8, 4) is 0 Å². The molecule has 0 aromatic carbocycles. The molecule has 2 saturated carbocycles.